The minimum atomic E-state index is 0.336. The molecule has 1 aliphatic carbocycles. The Labute approximate surface area is 139 Å². The summed E-state index contributed by atoms with van der Waals surface area (Å²) in [5, 5.41) is 13.4. The van der Waals surface area contributed by atoms with Gasteiger partial charge in [-0.05, 0) is 55.9 Å². The fourth-order valence-corrected chi connectivity index (χ4v) is 4.05. The minimum Gasteiger partial charge on any atom is -0.497 e. The van der Waals surface area contributed by atoms with Crippen molar-refractivity contribution in [2.45, 2.75) is 50.6 Å². The number of hydrogen-bond donors (Lipinski definition) is 2. The zero-order valence-electron chi connectivity index (χ0n) is 14.2. The Bertz CT molecular complexity index is 469. The highest BCUT2D eigenvalue weighted by atomic mass is 16.5. The molecule has 1 aliphatic heterocycles. The molecule has 2 fully saturated rings. The van der Waals surface area contributed by atoms with E-state index < -0.39 is 0 Å². The minimum absolute atomic E-state index is 0.336. The number of rotatable bonds is 5. The van der Waals surface area contributed by atoms with E-state index in [1.165, 1.54) is 44.2 Å². The summed E-state index contributed by atoms with van der Waals surface area (Å²) >= 11 is 0. The molecule has 1 saturated heterocycles. The average Bonchev–Trinajstić information content (AvgIpc) is 2.63. The summed E-state index contributed by atoms with van der Waals surface area (Å²) < 4.78 is 5.23. The maximum Gasteiger partial charge on any atom is 0.119 e. The summed E-state index contributed by atoms with van der Waals surface area (Å²) in [5.74, 6) is 1.38. The van der Waals surface area contributed by atoms with Crippen molar-refractivity contribution < 1.29 is 9.84 Å². The van der Waals surface area contributed by atoms with E-state index in [9.17, 15) is 5.11 Å². The molecule has 0 radical (unpaired) electrons. The Balaban J connectivity index is 1.49. The summed E-state index contributed by atoms with van der Waals surface area (Å²) in [4.78, 5) is 2.46. The lowest BCUT2D eigenvalue weighted by molar-refractivity contribution is 0.142. The second-order valence-electron chi connectivity index (χ2n) is 6.96. The van der Waals surface area contributed by atoms with Gasteiger partial charge in [0, 0.05) is 37.5 Å². The van der Waals surface area contributed by atoms with Gasteiger partial charge in [-0.1, -0.05) is 12.8 Å². The molecule has 1 saturated carbocycles. The molecular formula is C19H30N2O2. The Kier molecular flexibility index (Phi) is 5.79. The predicted octanol–water partition coefficient (Wildman–Crippen LogP) is 2.80. The Hall–Kier alpha value is -1.26. The van der Waals surface area contributed by atoms with E-state index in [4.69, 9.17) is 4.74 Å². The maximum atomic E-state index is 9.57. The van der Waals surface area contributed by atoms with Crippen LogP contribution < -0.4 is 15.0 Å². The van der Waals surface area contributed by atoms with Crippen molar-refractivity contribution in [1.29, 1.82) is 0 Å². The highest BCUT2D eigenvalue weighted by Gasteiger charge is 2.28. The van der Waals surface area contributed by atoms with Crippen LogP contribution in [0.1, 0.15) is 38.5 Å². The number of piperidine rings is 1. The number of nitrogens with zero attached hydrogens (tertiary/aromatic N) is 1. The summed E-state index contributed by atoms with van der Waals surface area (Å²) in [7, 11) is 1.71. The molecule has 1 heterocycles. The zero-order valence-corrected chi connectivity index (χ0v) is 14.2. The first-order chi connectivity index (χ1) is 11.3. The molecular weight excluding hydrogens is 288 g/mol. The van der Waals surface area contributed by atoms with E-state index in [0.29, 0.717) is 24.6 Å². The highest BCUT2D eigenvalue weighted by Crippen LogP contribution is 2.27. The van der Waals surface area contributed by atoms with Crippen LogP contribution in [0.4, 0.5) is 5.69 Å². The van der Waals surface area contributed by atoms with E-state index in [-0.39, 0.29) is 0 Å². The molecule has 128 valence electrons. The molecule has 4 heteroatoms. The van der Waals surface area contributed by atoms with Crippen molar-refractivity contribution in [3.05, 3.63) is 24.3 Å². The van der Waals surface area contributed by atoms with Crippen LogP contribution in [0.15, 0.2) is 24.3 Å². The molecule has 3 rings (SSSR count). The monoisotopic (exact) mass is 318 g/mol. The molecule has 4 nitrogen and oxygen atoms in total. The maximum absolute atomic E-state index is 9.57. The third kappa shape index (κ3) is 4.18. The Morgan fingerprint density at radius 3 is 2.43 bits per heavy atom. The summed E-state index contributed by atoms with van der Waals surface area (Å²) in [6.45, 7) is 2.53. The largest absolute Gasteiger partial charge is 0.497 e. The number of nitrogens with one attached hydrogen (secondary N) is 1. The van der Waals surface area contributed by atoms with E-state index in [1.807, 2.05) is 12.1 Å². The normalized spacial score (nSPS) is 26.3. The second kappa shape index (κ2) is 8.02. The molecule has 2 atom stereocenters. The van der Waals surface area contributed by atoms with E-state index in [2.05, 4.69) is 22.3 Å². The van der Waals surface area contributed by atoms with Crippen LogP contribution in [0, 0.1) is 5.92 Å². The molecule has 0 spiro atoms. The van der Waals surface area contributed by atoms with Crippen LogP contribution in [0.2, 0.25) is 0 Å². The van der Waals surface area contributed by atoms with Crippen LogP contribution >= 0.6 is 0 Å². The number of ether oxygens (including phenoxy) is 1. The fraction of sp³-hybridized carbons (Fsp3) is 0.684. The molecule has 0 aromatic heterocycles. The third-order valence-electron chi connectivity index (χ3n) is 5.53. The molecule has 2 N–H and O–H groups in total. The standard InChI is InChI=1S/C19H30N2O2/c1-23-18-8-6-17(7-9-18)21-12-10-16(11-13-21)20-19-5-3-2-4-15(19)14-22/h6-9,15-16,19-20,22H,2-5,10-14H2,1H3. The van der Waals surface area contributed by atoms with Gasteiger partial charge < -0.3 is 20.1 Å². The van der Waals surface area contributed by atoms with Gasteiger partial charge in [0.25, 0.3) is 0 Å². The lowest BCUT2D eigenvalue weighted by Crippen LogP contribution is -2.50. The fourth-order valence-electron chi connectivity index (χ4n) is 4.05. The van der Waals surface area contributed by atoms with Crippen LogP contribution in [-0.2, 0) is 0 Å². The summed E-state index contributed by atoms with van der Waals surface area (Å²) in [6.07, 6.45) is 7.35. The third-order valence-corrected chi connectivity index (χ3v) is 5.53. The molecule has 1 aromatic rings. The first kappa shape index (κ1) is 16.6. The zero-order chi connectivity index (χ0) is 16.1. The summed E-state index contributed by atoms with van der Waals surface area (Å²) in [6, 6.07) is 9.49. The van der Waals surface area contributed by atoms with Crippen molar-refractivity contribution in [3.63, 3.8) is 0 Å². The van der Waals surface area contributed by atoms with Crippen molar-refractivity contribution in [2.75, 3.05) is 31.7 Å². The van der Waals surface area contributed by atoms with E-state index in [1.54, 1.807) is 7.11 Å². The van der Waals surface area contributed by atoms with Gasteiger partial charge >= 0.3 is 0 Å². The predicted molar refractivity (Wildman–Crippen MR) is 94.2 cm³/mol. The van der Waals surface area contributed by atoms with Crippen LogP contribution in [0.3, 0.4) is 0 Å². The van der Waals surface area contributed by atoms with Gasteiger partial charge in [0.05, 0.1) is 7.11 Å². The smallest absolute Gasteiger partial charge is 0.119 e. The number of aliphatic hydroxyl groups excluding tert-OH is 1. The van der Waals surface area contributed by atoms with E-state index >= 15 is 0 Å². The highest BCUT2D eigenvalue weighted by molar-refractivity contribution is 5.49. The molecule has 2 unspecified atom stereocenters. The molecule has 2 aliphatic rings. The van der Waals surface area contributed by atoms with Gasteiger partial charge in [0.1, 0.15) is 5.75 Å². The summed E-state index contributed by atoms with van der Waals surface area (Å²) in [5.41, 5.74) is 1.29. The van der Waals surface area contributed by atoms with Crippen molar-refractivity contribution in [1.82, 2.24) is 5.32 Å². The molecule has 1 aromatic carbocycles. The van der Waals surface area contributed by atoms with Gasteiger partial charge in [-0.3, -0.25) is 0 Å². The molecule has 0 amide bonds. The topological polar surface area (TPSA) is 44.7 Å². The number of methoxy groups -OCH3 is 1. The quantitative estimate of drug-likeness (QED) is 0.876. The van der Waals surface area contributed by atoms with Gasteiger partial charge in [-0.2, -0.15) is 0 Å². The van der Waals surface area contributed by atoms with Crippen molar-refractivity contribution >= 4 is 5.69 Å². The number of hydrogen-bond acceptors (Lipinski definition) is 4. The van der Waals surface area contributed by atoms with Crippen LogP contribution in [-0.4, -0.2) is 44.0 Å². The first-order valence-electron chi connectivity index (χ1n) is 9.06. The van der Waals surface area contributed by atoms with Gasteiger partial charge in [0.15, 0.2) is 0 Å². The van der Waals surface area contributed by atoms with Crippen LogP contribution in [0.5, 0.6) is 5.75 Å². The Morgan fingerprint density at radius 1 is 1.09 bits per heavy atom. The SMILES string of the molecule is COc1ccc(N2CCC(NC3CCCCC3CO)CC2)cc1. The number of benzene rings is 1. The number of aliphatic hydroxyl groups is 1. The molecule has 0 bridgehead atoms. The van der Waals surface area contributed by atoms with Gasteiger partial charge in [-0.25, -0.2) is 0 Å². The Morgan fingerprint density at radius 2 is 1.78 bits per heavy atom. The first-order valence-corrected chi connectivity index (χ1v) is 9.06. The molecule has 23 heavy (non-hydrogen) atoms. The van der Waals surface area contributed by atoms with Gasteiger partial charge in [0.2, 0.25) is 0 Å². The van der Waals surface area contributed by atoms with Crippen molar-refractivity contribution in [3.8, 4) is 5.75 Å². The van der Waals surface area contributed by atoms with Crippen molar-refractivity contribution in [2.24, 2.45) is 5.92 Å². The lowest BCUT2D eigenvalue weighted by atomic mass is 9.84. The van der Waals surface area contributed by atoms with Gasteiger partial charge in [-0.15, -0.1) is 0 Å². The second-order valence-corrected chi connectivity index (χ2v) is 6.96. The average molecular weight is 318 g/mol. The lowest BCUT2D eigenvalue weighted by Gasteiger charge is -2.39. The van der Waals surface area contributed by atoms with E-state index in [0.717, 1.165) is 18.8 Å². The van der Waals surface area contributed by atoms with Crippen LogP contribution in [0.25, 0.3) is 0 Å². The number of anilines is 1.